The third-order valence-electron chi connectivity index (χ3n) is 19.4. The van der Waals surface area contributed by atoms with Gasteiger partial charge in [-0.25, -0.2) is 0 Å². The molecule has 2 spiro atoms. The third-order valence-corrected chi connectivity index (χ3v) is 19.4. The lowest BCUT2D eigenvalue weighted by molar-refractivity contribution is 0.670. The van der Waals surface area contributed by atoms with E-state index in [1.54, 1.807) is 0 Å². The van der Waals surface area contributed by atoms with Crippen LogP contribution in [0, 0.1) is 0 Å². The van der Waals surface area contributed by atoms with E-state index in [1.807, 2.05) is 24.3 Å². The van der Waals surface area contributed by atoms with Gasteiger partial charge in [0.1, 0.15) is 11.2 Å². The average molecular weight is 1090 g/mol. The van der Waals surface area contributed by atoms with Crippen molar-refractivity contribution in [2.24, 2.45) is 0 Å². The highest BCUT2D eigenvalue weighted by Crippen LogP contribution is 2.65. The minimum atomic E-state index is -0.478. The zero-order chi connectivity index (χ0) is 56.2. The molecule has 0 bridgehead atoms. The standard InChI is InChI=1S/C82H49N3O/c1-3-19-51(20-4-1)79-83-84-80(85(79)57-21-5-2-6-22-57)52-37-35-50(36-38-52)66-46-56(55-40-43-65-63-28-12-18-34-74(63)82(76(65)49-55)71-31-15-9-25-60(71)61-26-10-16-32-72(61)82)47-68-67-45-53(41-44-77(67)86-78(66)68)54-39-42-64-62-27-11-17-33-73(62)81(75(64)48-54)69-29-13-7-23-58(69)59-24-8-14-30-70(59)81/h1-49H. The summed E-state index contributed by atoms with van der Waals surface area (Å²) in [5.41, 5.74) is 31.3. The van der Waals surface area contributed by atoms with Crippen molar-refractivity contribution in [3.05, 3.63) is 342 Å². The predicted molar refractivity (Wildman–Crippen MR) is 348 cm³/mol. The minimum Gasteiger partial charge on any atom is -0.455 e. The highest BCUT2D eigenvalue weighted by Gasteiger charge is 2.53. The zero-order valence-electron chi connectivity index (χ0n) is 46.5. The van der Waals surface area contributed by atoms with E-state index in [9.17, 15) is 0 Å². The van der Waals surface area contributed by atoms with Crippen molar-refractivity contribution >= 4 is 21.9 Å². The van der Waals surface area contributed by atoms with Crippen LogP contribution in [-0.2, 0) is 10.8 Å². The number of fused-ring (bicyclic) bond motifs is 23. The molecule has 2 heterocycles. The van der Waals surface area contributed by atoms with Gasteiger partial charge in [-0.05, 0) is 165 Å². The normalized spacial score (nSPS) is 13.8. The molecule has 19 rings (SSSR count). The molecule has 0 aliphatic heterocycles. The minimum absolute atomic E-state index is 0.444. The molecule has 15 aromatic rings. The first-order valence-electron chi connectivity index (χ1n) is 29.7. The average Bonchev–Trinajstić information content (AvgIpc) is 1.58. The maximum Gasteiger partial charge on any atom is 0.168 e. The molecule has 86 heavy (non-hydrogen) atoms. The Hall–Kier alpha value is -11.2. The van der Waals surface area contributed by atoms with Crippen LogP contribution in [0.3, 0.4) is 0 Å². The van der Waals surface area contributed by atoms with Crippen molar-refractivity contribution in [2.45, 2.75) is 10.8 Å². The Balaban J connectivity index is 0.812. The van der Waals surface area contributed by atoms with Crippen LogP contribution >= 0.6 is 0 Å². The number of rotatable bonds is 6. The Labute approximate surface area is 497 Å². The molecule has 4 nitrogen and oxygen atoms in total. The quantitative estimate of drug-likeness (QED) is 0.167. The molecule has 0 N–H and O–H groups in total. The first kappa shape index (κ1) is 47.3. The van der Waals surface area contributed by atoms with Gasteiger partial charge < -0.3 is 4.42 Å². The molecular weight excluding hydrogens is 1040 g/mol. The fourth-order valence-electron chi connectivity index (χ4n) is 15.9. The molecular formula is C82H49N3O. The molecule has 2 aromatic heterocycles. The Morgan fingerprint density at radius 2 is 0.593 bits per heavy atom. The van der Waals surface area contributed by atoms with Crippen LogP contribution in [0.5, 0.6) is 0 Å². The van der Waals surface area contributed by atoms with Crippen molar-refractivity contribution in [2.75, 3.05) is 0 Å². The van der Waals surface area contributed by atoms with Gasteiger partial charge in [-0.15, -0.1) is 10.2 Å². The number of furan rings is 1. The van der Waals surface area contributed by atoms with Gasteiger partial charge >= 0.3 is 0 Å². The predicted octanol–water partition coefficient (Wildman–Crippen LogP) is 20.2. The summed E-state index contributed by atoms with van der Waals surface area (Å²) in [6.45, 7) is 0. The lowest BCUT2D eigenvalue weighted by atomic mass is 9.70. The summed E-state index contributed by atoms with van der Waals surface area (Å²) in [6.07, 6.45) is 0. The summed E-state index contributed by atoms with van der Waals surface area (Å²) in [4.78, 5) is 0. The first-order chi connectivity index (χ1) is 42.6. The van der Waals surface area contributed by atoms with E-state index >= 15 is 0 Å². The second-order valence-electron chi connectivity index (χ2n) is 23.5. The number of nitrogens with zero attached hydrogens (tertiary/aromatic N) is 3. The summed E-state index contributed by atoms with van der Waals surface area (Å²) in [5, 5.41) is 11.8. The molecule has 0 atom stereocenters. The molecule has 0 saturated carbocycles. The Morgan fingerprint density at radius 1 is 0.244 bits per heavy atom. The summed E-state index contributed by atoms with van der Waals surface area (Å²) in [7, 11) is 0. The van der Waals surface area contributed by atoms with Crippen LogP contribution in [0.15, 0.2) is 302 Å². The van der Waals surface area contributed by atoms with Crippen LogP contribution in [0.4, 0.5) is 0 Å². The van der Waals surface area contributed by atoms with Gasteiger partial charge in [0.2, 0.25) is 0 Å². The summed E-state index contributed by atoms with van der Waals surface area (Å²) >= 11 is 0. The van der Waals surface area contributed by atoms with Gasteiger partial charge in [0.25, 0.3) is 0 Å². The van der Waals surface area contributed by atoms with E-state index in [4.69, 9.17) is 14.6 Å². The van der Waals surface area contributed by atoms with Crippen LogP contribution in [0.2, 0.25) is 0 Å². The third kappa shape index (κ3) is 6.26. The second-order valence-corrected chi connectivity index (χ2v) is 23.5. The molecule has 0 saturated heterocycles. The molecule has 0 unspecified atom stereocenters. The van der Waals surface area contributed by atoms with Crippen LogP contribution < -0.4 is 0 Å². The van der Waals surface area contributed by atoms with Gasteiger partial charge in [-0.3, -0.25) is 4.57 Å². The van der Waals surface area contributed by atoms with E-state index in [1.165, 1.54) is 94.6 Å². The largest absolute Gasteiger partial charge is 0.455 e. The van der Waals surface area contributed by atoms with Crippen molar-refractivity contribution in [1.29, 1.82) is 0 Å². The van der Waals surface area contributed by atoms with Crippen LogP contribution in [-0.4, -0.2) is 14.8 Å². The van der Waals surface area contributed by atoms with Crippen molar-refractivity contribution in [3.8, 4) is 106 Å². The highest BCUT2D eigenvalue weighted by atomic mass is 16.3. The van der Waals surface area contributed by atoms with Gasteiger partial charge in [-0.2, -0.15) is 0 Å². The van der Waals surface area contributed by atoms with Gasteiger partial charge in [0, 0.05) is 33.2 Å². The van der Waals surface area contributed by atoms with Gasteiger partial charge in [0.05, 0.1) is 10.8 Å². The molecule has 0 radical (unpaired) electrons. The van der Waals surface area contributed by atoms with Gasteiger partial charge in [0.15, 0.2) is 11.6 Å². The second kappa shape index (κ2) is 17.7. The number of para-hydroxylation sites is 1. The fourth-order valence-corrected chi connectivity index (χ4v) is 15.9. The topological polar surface area (TPSA) is 43.9 Å². The summed E-state index contributed by atoms with van der Waals surface area (Å²) in [6, 6.07) is 110. The van der Waals surface area contributed by atoms with E-state index in [0.717, 1.165) is 78.2 Å². The van der Waals surface area contributed by atoms with Crippen molar-refractivity contribution in [3.63, 3.8) is 0 Å². The monoisotopic (exact) mass is 1090 g/mol. The first-order valence-corrected chi connectivity index (χ1v) is 29.7. The maximum atomic E-state index is 7.18. The summed E-state index contributed by atoms with van der Waals surface area (Å²) in [5.74, 6) is 1.55. The Kier molecular flexibility index (Phi) is 9.72. The lowest BCUT2D eigenvalue weighted by Gasteiger charge is -2.30. The number of aromatic nitrogens is 3. The van der Waals surface area contributed by atoms with Crippen LogP contribution in [0.1, 0.15) is 44.5 Å². The molecule has 13 aromatic carbocycles. The molecule has 398 valence electrons. The fraction of sp³-hybridized carbons (Fsp3) is 0.0244. The van der Waals surface area contributed by atoms with E-state index in [0.29, 0.717) is 0 Å². The number of hydrogen-bond donors (Lipinski definition) is 0. The van der Waals surface area contributed by atoms with Crippen molar-refractivity contribution < 1.29 is 4.42 Å². The molecule has 4 heteroatoms. The molecule has 0 fully saturated rings. The Bertz CT molecular complexity index is 5230. The van der Waals surface area contributed by atoms with E-state index in [2.05, 4.69) is 278 Å². The Morgan fingerprint density at radius 3 is 1.07 bits per heavy atom. The van der Waals surface area contributed by atoms with Crippen LogP contribution in [0.25, 0.3) is 128 Å². The number of hydrogen-bond acceptors (Lipinski definition) is 3. The maximum absolute atomic E-state index is 7.18. The highest BCUT2D eigenvalue weighted by molar-refractivity contribution is 6.13. The van der Waals surface area contributed by atoms with Gasteiger partial charge in [-0.1, -0.05) is 249 Å². The molecule has 0 amide bonds. The van der Waals surface area contributed by atoms with E-state index in [-0.39, 0.29) is 0 Å². The zero-order valence-corrected chi connectivity index (χ0v) is 46.5. The molecule has 4 aliphatic rings. The summed E-state index contributed by atoms with van der Waals surface area (Å²) < 4.78 is 9.34. The smallest absolute Gasteiger partial charge is 0.168 e. The van der Waals surface area contributed by atoms with Crippen molar-refractivity contribution in [1.82, 2.24) is 14.8 Å². The SMILES string of the molecule is c1ccc(-c2nnc(-c3ccc(-c4cc(-c5ccc6c(c5)C5(c7ccccc7-c7ccccc75)c5ccccc5-6)cc5c4oc4ccc(-c6ccc7c(c6)C6(c8ccccc8-c8ccccc86)c6ccccc6-7)cc45)cc3)n2-c2ccccc2)cc1. The molecule has 4 aliphatic carbocycles. The van der Waals surface area contributed by atoms with E-state index < -0.39 is 10.8 Å². The number of benzene rings is 13. The lowest BCUT2D eigenvalue weighted by Crippen LogP contribution is -2.25.